The highest BCUT2D eigenvalue weighted by molar-refractivity contribution is 5.28. The van der Waals surface area contributed by atoms with Gasteiger partial charge in [-0.1, -0.05) is 12.1 Å². The fraction of sp³-hybridized carbons (Fsp3) is 0.600. The molecule has 0 bridgehead atoms. The second-order valence-electron chi connectivity index (χ2n) is 5.36. The van der Waals surface area contributed by atoms with Crippen LogP contribution in [0.3, 0.4) is 0 Å². The molecule has 92 valence electrons. The molecule has 1 aromatic carbocycles. The Balaban J connectivity index is 1.55. The van der Waals surface area contributed by atoms with Crippen LogP contribution in [0.15, 0.2) is 24.3 Å². The molecule has 0 radical (unpaired) electrons. The molecule has 2 heteroatoms. The lowest BCUT2D eigenvalue weighted by molar-refractivity contribution is 0.303. The number of piperidine rings is 1. The lowest BCUT2D eigenvalue weighted by Gasteiger charge is -2.22. The highest BCUT2D eigenvalue weighted by Crippen LogP contribution is 2.27. The molecular formula is C15H21NO. The largest absolute Gasteiger partial charge is 0.490 e. The van der Waals surface area contributed by atoms with Crippen LogP contribution in [-0.4, -0.2) is 19.2 Å². The van der Waals surface area contributed by atoms with Gasteiger partial charge < -0.3 is 10.1 Å². The van der Waals surface area contributed by atoms with E-state index in [2.05, 4.69) is 29.6 Å². The first-order valence-corrected chi connectivity index (χ1v) is 6.86. The maximum absolute atomic E-state index is 5.76. The molecule has 2 fully saturated rings. The van der Waals surface area contributed by atoms with Gasteiger partial charge in [-0.15, -0.1) is 0 Å². The predicted octanol–water partition coefficient (Wildman–Crippen LogP) is 2.77. The summed E-state index contributed by atoms with van der Waals surface area (Å²) in [6.07, 6.45) is 6.84. The third kappa shape index (κ3) is 3.22. The Hall–Kier alpha value is -1.02. The average Bonchev–Trinajstić information content (AvgIpc) is 3.17. The maximum atomic E-state index is 5.76. The van der Waals surface area contributed by atoms with Crippen molar-refractivity contribution in [2.24, 2.45) is 5.92 Å². The summed E-state index contributed by atoms with van der Waals surface area (Å²) in [6, 6.07) is 8.74. The van der Waals surface area contributed by atoms with Crippen LogP contribution in [0.5, 0.6) is 5.75 Å². The molecule has 2 nitrogen and oxygen atoms in total. The molecule has 1 heterocycles. The lowest BCUT2D eigenvalue weighted by Crippen LogP contribution is -2.28. The third-order valence-electron chi connectivity index (χ3n) is 3.73. The maximum Gasteiger partial charge on any atom is 0.119 e. The summed E-state index contributed by atoms with van der Waals surface area (Å²) in [5.74, 6) is 1.91. The van der Waals surface area contributed by atoms with Crippen molar-refractivity contribution in [3.63, 3.8) is 0 Å². The standard InChI is InChI=1S/C15H21NO/c1-3-14(17-15-5-6-15)4-2-12(1)11-13-7-9-16-10-8-13/h1-4,13,15-16H,5-11H2. The highest BCUT2D eigenvalue weighted by atomic mass is 16.5. The summed E-state index contributed by atoms with van der Waals surface area (Å²) in [7, 11) is 0. The van der Waals surface area contributed by atoms with E-state index in [1.165, 1.54) is 50.8 Å². The molecule has 0 atom stereocenters. The Morgan fingerprint density at radius 2 is 1.71 bits per heavy atom. The van der Waals surface area contributed by atoms with E-state index < -0.39 is 0 Å². The van der Waals surface area contributed by atoms with Gasteiger partial charge in [-0.25, -0.2) is 0 Å². The normalized spacial score (nSPS) is 21.4. The van der Waals surface area contributed by atoms with Gasteiger partial charge in [-0.05, 0) is 68.8 Å². The molecule has 17 heavy (non-hydrogen) atoms. The van der Waals surface area contributed by atoms with Crippen molar-refractivity contribution in [2.75, 3.05) is 13.1 Å². The zero-order valence-electron chi connectivity index (χ0n) is 10.3. The average molecular weight is 231 g/mol. The number of rotatable bonds is 4. The van der Waals surface area contributed by atoms with E-state index in [0.29, 0.717) is 6.10 Å². The minimum Gasteiger partial charge on any atom is -0.490 e. The molecule has 2 aliphatic rings. The zero-order valence-corrected chi connectivity index (χ0v) is 10.3. The Morgan fingerprint density at radius 3 is 2.35 bits per heavy atom. The summed E-state index contributed by atoms with van der Waals surface area (Å²) < 4.78 is 5.76. The van der Waals surface area contributed by atoms with Crippen LogP contribution in [-0.2, 0) is 6.42 Å². The number of benzene rings is 1. The molecule has 3 rings (SSSR count). The van der Waals surface area contributed by atoms with Gasteiger partial charge in [-0.2, -0.15) is 0 Å². The molecule has 1 saturated carbocycles. The molecule has 0 amide bonds. The second-order valence-corrected chi connectivity index (χ2v) is 5.36. The molecule has 1 aliphatic heterocycles. The van der Waals surface area contributed by atoms with Crippen LogP contribution in [0.2, 0.25) is 0 Å². The van der Waals surface area contributed by atoms with Crippen LogP contribution in [0.4, 0.5) is 0 Å². The van der Waals surface area contributed by atoms with E-state index in [0.717, 1.165) is 11.7 Å². The van der Waals surface area contributed by atoms with Crippen LogP contribution in [0, 0.1) is 5.92 Å². The van der Waals surface area contributed by atoms with Gasteiger partial charge in [0.25, 0.3) is 0 Å². The molecule has 1 N–H and O–H groups in total. The van der Waals surface area contributed by atoms with E-state index >= 15 is 0 Å². The number of nitrogens with one attached hydrogen (secondary N) is 1. The van der Waals surface area contributed by atoms with Crippen LogP contribution in [0.1, 0.15) is 31.2 Å². The molecule has 0 spiro atoms. The summed E-state index contributed by atoms with van der Waals surface area (Å²) in [5.41, 5.74) is 1.46. The predicted molar refractivity (Wildman–Crippen MR) is 69.4 cm³/mol. The molecular weight excluding hydrogens is 210 g/mol. The Kier molecular flexibility index (Phi) is 3.32. The minimum atomic E-state index is 0.505. The lowest BCUT2D eigenvalue weighted by atomic mass is 9.91. The van der Waals surface area contributed by atoms with Crippen molar-refractivity contribution in [2.45, 2.75) is 38.2 Å². The SMILES string of the molecule is c1cc(OC2CC2)ccc1CC1CCNCC1. The summed E-state index contributed by atoms with van der Waals surface area (Å²) >= 11 is 0. The van der Waals surface area contributed by atoms with Crippen molar-refractivity contribution in [1.82, 2.24) is 5.32 Å². The van der Waals surface area contributed by atoms with E-state index in [1.54, 1.807) is 0 Å². The summed E-state index contributed by atoms with van der Waals surface area (Å²) in [6.45, 7) is 2.38. The van der Waals surface area contributed by atoms with Gasteiger partial charge in [0, 0.05) is 0 Å². The Morgan fingerprint density at radius 1 is 1.00 bits per heavy atom. The first-order valence-electron chi connectivity index (χ1n) is 6.86. The van der Waals surface area contributed by atoms with Gasteiger partial charge in [0.1, 0.15) is 5.75 Å². The van der Waals surface area contributed by atoms with Gasteiger partial charge >= 0.3 is 0 Å². The topological polar surface area (TPSA) is 21.3 Å². The van der Waals surface area contributed by atoms with Gasteiger partial charge in [0.15, 0.2) is 0 Å². The fourth-order valence-electron chi connectivity index (χ4n) is 2.50. The monoisotopic (exact) mass is 231 g/mol. The van der Waals surface area contributed by atoms with Crippen LogP contribution in [0.25, 0.3) is 0 Å². The van der Waals surface area contributed by atoms with Crippen LogP contribution >= 0.6 is 0 Å². The van der Waals surface area contributed by atoms with Crippen molar-refractivity contribution in [3.05, 3.63) is 29.8 Å². The quantitative estimate of drug-likeness (QED) is 0.860. The van der Waals surface area contributed by atoms with Gasteiger partial charge in [0.05, 0.1) is 6.10 Å². The van der Waals surface area contributed by atoms with Crippen molar-refractivity contribution < 1.29 is 4.74 Å². The Bertz CT molecular complexity index is 350. The number of hydrogen-bond donors (Lipinski definition) is 1. The summed E-state index contributed by atoms with van der Waals surface area (Å²) in [4.78, 5) is 0. The summed E-state index contributed by atoms with van der Waals surface area (Å²) in [5, 5.41) is 3.42. The molecule has 1 aromatic rings. The first kappa shape index (κ1) is 11.1. The third-order valence-corrected chi connectivity index (χ3v) is 3.73. The Labute approximate surface area is 103 Å². The van der Waals surface area contributed by atoms with E-state index in [1.807, 2.05) is 0 Å². The molecule has 0 unspecified atom stereocenters. The second kappa shape index (κ2) is 5.09. The first-order chi connectivity index (χ1) is 8.40. The fourth-order valence-corrected chi connectivity index (χ4v) is 2.50. The van der Waals surface area contributed by atoms with E-state index in [4.69, 9.17) is 4.74 Å². The smallest absolute Gasteiger partial charge is 0.119 e. The van der Waals surface area contributed by atoms with Gasteiger partial charge in [-0.3, -0.25) is 0 Å². The molecule has 1 aliphatic carbocycles. The van der Waals surface area contributed by atoms with E-state index in [9.17, 15) is 0 Å². The minimum absolute atomic E-state index is 0.505. The van der Waals surface area contributed by atoms with Crippen molar-refractivity contribution in [3.8, 4) is 5.75 Å². The molecule has 1 saturated heterocycles. The molecule has 0 aromatic heterocycles. The number of hydrogen-bond acceptors (Lipinski definition) is 2. The van der Waals surface area contributed by atoms with Gasteiger partial charge in [0.2, 0.25) is 0 Å². The number of ether oxygens (including phenoxy) is 1. The highest BCUT2D eigenvalue weighted by Gasteiger charge is 2.23. The van der Waals surface area contributed by atoms with E-state index in [-0.39, 0.29) is 0 Å². The zero-order chi connectivity index (χ0) is 11.5. The van der Waals surface area contributed by atoms with Crippen molar-refractivity contribution in [1.29, 1.82) is 0 Å². The van der Waals surface area contributed by atoms with Crippen molar-refractivity contribution >= 4 is 0 Å². The van der Waals surface area contributed by atoms with Crippen LogP contribution < -0.4 is 10.1 Å².